The Morgan fingerprint density at radius 1 is 1.62 bits per heavy atom. The van der Waals surface area contributed by atoms with Gasteiger partial charge in [-0.3, -0.25) is 4.99 Å². The van der Waals surface area contributed by atoms with Crippen molar-refractivity contribution in [2.45, 2.75) is 33.1 Å². The van der Waals surface area contributed by atoms with Crippen LogP contribution in [0.3, 0.4) is 0 Å². The van der Waals surface area contributed by atoms with Gasteiger partial charge < -0.3 is 0 Å². The zero-order valence-corrected chi connectivity index (χ0v) is 8.66. The van der Waals surface area contributed by atoms with Crippen molar-refractivity contribution in [3.05, 3.63) is 24.9 Å². The Balaban J connectivity index is 2.34. The minimum absolute atomic E-state index is 0.788. The van der Waals surface area contributed by atoms with Gasteiger partial charge in [-0.1, -0.05) is 32.9 Å². The van der Waals surface area contributed by atoms with E-state index in [1.807, 2.05) is 12.3 Å². The fraction of sp³-hybridized carbons (Fsp3) is 0.583. The van der Waals surface area contributed by atoms with Crippen LogP contribution in [0, 0.1) is 11.8 Å². The molecule has 0 aromatic heterocycles. The average Bonchev–Trinajstić information content (AvgIpc) is 2.81. The van der Waals surface area contributed by atoms with Gasteiger partial charge in [-0.25, -0.2) is 0 Å². The zero-order chi connectivity index (χ0) is 9.68. The number of allylic oxidation sites excluding steroid dienone is 2. The summed E-state index contributed by atoms with van der Waals surface area (Å²) in [5.41, 5.74) is 1.10. The summed E-state index contributed by atoms with van der Waals surface area (Å²) in [5, 5.41) is 0. The predicted octanol–water partition coefficient (Wildman–Crippen LogP) is 3.58. The first-order valence-corrected chi connectivity index (χ1v) is 5.13. The quantitative estimate of drug-likeness (QED) is 0.569. The summed E-state index contributed by atoms with van der Waals surface area (Å²) >= 11 is 0. The molecule has 1 heteroatoms. The minimum Gasteiger partial charge on any atom is -0.262 e. The van der Waals surface area contributed by atoms with Crippen LogP contribution in [0.15, 0.2) is 29.9 Å². The van der Waals surface area contributed by atoms with Crippen LogP contribution < -0.4 is 0 Å². The Morgan fingerprint density at radius 2 is 2.31 bits per heavy atom. The standard InChI is InChI=1S/C12H19N/c1-4-6-12(5-2)13-8-7-11-9-10(11)3/h5,7-8,10-11H,2,4,6,9H2,1,3H3/b8-7+,13-12?. The van der Waals surface area contributed by atoms with Crippen LogP contribution in [0.2, 0.25) is 0 Å². The van der Waals surface area contributed by atoms with Gasteiger partial charge in [0.1, 0.15) is 0 Å². The molecule has 1 nitrogen and oxygen atoms in total. The first-order chi connectivity index (χ1) is 6.27. The van der Waals surface area contributed by atoms with Crippen molar-refractivity contribution in [2.75, 3.05) is 0 Å². The second-order valence-corrected chi connectivity index (χ2v) is 3.79. The summed E-state index contributed by atoms with van der Waals surface area (Å²) in [5.74, 6) is 1.67. The summed E-state index contributed by atoms with van der Waals surface area (Å²) in [7, 11) is 0. The Bertz CT molecular complexity index is 225. The largest absolute Gasteiger partial charge is 0.262 e. The lowest BCUT2D eigenvalue weighted by Crippen LogP contribution is -1.89. The number of rotatable bonds is 5. The maximum atomic E-state index is 4.36. The fourth-order valence-electron chi connectivity index (χ4n) is 1.34. The van der Waals surface area contributed by atoms with Crippen LogP contribution >= 0.6 is 0 Å². The van der Waals surface area contributed by atoms with Gasteiger partial charge in [0.15, 0.2) is 0 Å². The van der Waals surface area contributed by atoms with Gasteiger partial charge in [-0.05, 0) is 30.8 Å². The summed E-state index contributed by atoms with van der Waals surface area (Å²) in [4.78, 5) is 4.36. The van der Waals surface area contributed by atoms with E-state index < -0.39 is 0 Å². The molecule has 0 aliphatic heterocycles. The van der Waals surface area contributed by atoms with Crippen molar-refractivity contribution in [1.29, 1.82) is 0 Å². The molecule has 72 valence electrons. The first-order valence-electron chi connectivity index (χ1n) is 5.13. The monoisotopic (exact) mass is 177 g/mol. The smallest absolute Gasteiger partial charge is 0.0397 e. The number of hydrogen-bond acceptors (Lipinski definition) is 1. The molecule has 2 unspecified atom stereocenters. The van der Waals surface area contributed by atoms with Crippen LogP contribution in [-0.4, -0.2) is 5.71 Å². The normalized spacial score (nSPS) is 28.0. The summed E-state index contributed by atoms with van der Waals surface area (Å²) in [6, 6.07) is 0. The van der Waals surface area contributed by atoms with Gasteiger partial charge in [-0.15, -0.1) is 0 Å². The predicted molar refractivity (Wildman–Crippen MR) is 59.0 cm³/mol. The third-order valence-electron chi connectivity index (χ3n) is 2.49. The van der Waals surface area contributed by atoms with Crippen LogP contribution in [0.1, 0.15) is 33.1 Å². The summed E-state index contributed by atoms with van der Waals surface area (Å²) in [6.07, 6.45) is 9.52. The van der Waals surface area contributed by atoms with E-state index >= 15 is 0 Å². The molecule has 1 aliphatic carbocycles. The van der Waals surface area contributed by atoms with Crippen molar-refractivity contribution < 1.29 is 0 Å². The Kier molecular flexibility index (Phi) is 3.94. The minimum atomic E-state index is 0.788. The topological polar surface area (TPSA) is 12.4 Å². The third-order valence-corrected chi connectivity index (χ3v) is 2.49. The van der Waals surface area contributed by atoms with E-state index in [0.717, 1.165) is 30.4 Å². The van der Waals surface area contributed by atoms with E-state index in [-0.39, 0.29) is 0 Å². The Morgan fingerprint density at radius 3 is 2.77 bits per heavy atom. The lowest BCUT2D eigenvalue weighted by molar-refractivity contribution is 0.897. The van der Waals surface area contributed by atoms with Crippen molar-refractivity contribution >= 4 is 5.71 Å². The lowest BCUT2D eigenvalue weighted by Gasteiger charge is -1.93. The van der Waals surface area contributed by atoms with E-state index in [1.165, 1.54) is 6.42 Å². The number of hydrogen-bond donors (Lipinski definition) is 0. The van der Waals surface area contributed by atoms with Crippen LogP contribution in [0.5, 0.6) is 0 Å². The molecule has 1 saturated carbocycles. The maximum Gasteiger partial charge on any atom is 0.0397 e. The molecule has 1 rings (SSSR count). The molecule has 2 atom stereocenters. The second-order valence-electron chi connectivity index (χ2n) is 3.79. The zero-order valence-electron chi connectivity index (χ0n) is 8.66. The molecule has 0 heterocycles. The van der Waals surface area contributed by atoms with Gasteiger partial charge in [0.05, 0.1) is 0 Å². The van der Waals surface area contributed by atoms with Gasteiger partial charge in [0.2, 0.25) is 0 Å². The highest BCUT2D eigenvalue weighted by molar-refractivity contribution is 5.94. The second kappa shape index (κ2) is 5.00. The lowest BCUT2D eigenvalue weighted by atomic mass is 10.2. The molecule has 0 aromatic carbocycles. The van der Waals surface area contributed by atoms with Crippen LogP contribution in [0.4, 0.5) is 0 Å². The highest BCUT2D eigenvalue weighted by atomic mass is 14.7. The Labute approximate surface area is 81.3 Å². The van der Waals surface area contributed by atoms with Crippen LogP contribution in [-0.2, 0) is 0 Å². The first kappa shape index (κ1) is 10.2. The van der Waals surface area contributed by atoms with E-state index in [1.54, 1.807) is 0 Å². The molecule has 0 spiro atoms. The van der Waals surface area contributed by atoms with Gasteiger partial charge in [0.25, 0.3) is 0 Å². The highest BCUT2D eigenvalue weighted by Crippen LogP contribution is 2.38. The number of nitrogens with zero attached hydrogens (tertiary/aromatic N) is 1. The van der Waals surface area contributed by atoms with E-state index in [4.69, 9.17) is 0 Å². The molecule has 0 bridgehead atoms. The average molecular weight is 177 g/mol. The van der Waals surface area contributed by atoms with Gasteiger partial charge in [0, 0.05) is 11.9 Å². The SMILES string of the molecule is C=CC(CCC)=N/C=C/C1CC1C. The molecule has 1 fully saturated rings. The van der Waals surface area contributed by atoms with Crippen molar-refractivity contribution in [3.63, 3.8) is 0 Å². The highest BCUT2D eigenvalue weighted by Gasteiger charge is 2.29. The van der Waals surface area contributed by atoms with E-state index in [2.05, 4.69) is 31.5 Å². The van der Waals surface area contributed by atoms with Crippen LogP contribution in [0.25, 0.3) is 0 Å². The van der Waals surface area contributed by atoms with Crippen molar-refractivity contribution in [1.82, 2.24) is 0 Å². The molecule has 0 N–H and O–H groups in total. The summed E-state index contributed by atoms with van der Waals surface area (Å²) in [6.45, 7) is 8.18. The molecule has 1 aliphatic rings. The molecule has 0 aromatic rings. The maximum absolute atomic E-state index is 4.36. The van der Waals surface area contributed by atoms with Gasteiger partial charge in [-0.2, -0.15) is 0 Å². The van der Waals surface area contributed by atoms with E-state index in [9.17, 15) is 0 Å². The van der Waals surface area contributed by atoms with E-state index in [0.29, 0.717) is 0 Å². The summed E-state index contributed by atoms with van der Waals surface area (Å²) < 4.78 is 0. The van der Waals surface area contributed by atoms with Crippen molar-refractivity contribution in [3.8, 4) is 0 Å². The molecule has 0 amide bonds. The fourth-order valence-corrected chi connectivity index (χ4v) is 1.34. The molecule has 0 saturated heterocycles. The van der Waals surface area contributed by atoms with Crippen molar-refractivity contribution in [2.24, 2.45) is 16.8 Å². The Hall–Kier alpha value is -0.850. The third kappa shape index (κ3) is 3.58. The molecule has 13 heavy (non-hydrogen) atoms. The molecule has 0 radical (unpaired) electrons. The number of aliphatic imine (C=N–C) groups is 1. The molecular weight excluding hydrogens is 158 g/mol. The molecular formula is C12H19N. The van der Waals surface area contributed by atoms with Gasteiger partial charge >= 0.3 is 0 Å².